The lowest BCUT2D eigenvalue weighted by Gasteiger charge is -2.07. The van der Waals surface area contributed by atoms with Gasteiger partial charge in [0.1, 0.15) is 11.5 Å². The van der Waals surface area contributed by atoms with Crippen LogP contribution in [-0.4, -0.2) is 12.2 Å². The number of benzene rings is 2. The molecule has 0 radical (unpaired) electrons. The summed E-state index contributed by atoms with van der Waals surface area (Å²) in [5, 5.41) is 11.2. The lowest BCUT2D eigenvalue weighted by Crippen LogP contribution is -1.89. The number of nitrogens with two attached hydrogens (primary N) is 1. The third kappa shape index (κ3) is 1.23. The van der Waals surface area contributed by atoms with E-state index in [2.05, 4.69) is 0 Å². The Labute approximate surface area is 81.7 Å². The van der Waals surface area contributed by atoms with E-state index in [1.807, 2.05) is 6.07 Å². The fourth-order valence-electron chi connectivity index (χ4n) is 1.53. The van der Waals surface area contributed by atoms with Crippen molar-refractivity contribution in [3.8, 4) is 11.5 Å². The normalized spacial score (nSPS) is 10.4. The first kappa shape index (κ1) is 8.69. The smallest absolute Gasteiger partial charge is 0.128 e. The number of hydrogen-bond donors (Lipinski definition) is 2. The highest BCUT2D eigenvalue weighted by atomic mass is 16.5. The summed E-state index contributed by atoms with van der Waals surface area (Å²) >= 11 is 0. The van der Waals surface area contributed by atoms with Crippen LogP contribution >= 0.6 is 0 Å². The summed E-state index contributed by atoms with van der Waals surface area (Å²) in [6.07, 6.45) is 0. The monoisotopic (exact) mass is 189 g/mol. The molecule has 0 aliphatic rings. The van der Waals surface area contributed by atoms with Crippen LogP contribution in [0.5, 0.6) is 11.5 Å². The van der Waals surface area contributed by atoms with Gasteiger partial charge in [-0.1, -0.05) is 12.1 Å². The molecule has 14 heavy (non-hydrogen) atoms. The van der Waals surface area contributed by atoms with Gasteiger partial charge in [0.15, 0.2) is 0 Å². The SMILES string of the molecule is COc1cc(N)cc2c(O)cccc12. The topological polar surface area (TPSA) is 55.5 Å². The molecule has 0 bridgehead atoms. The maximum atomic E-state index is 9.60. The van der Waals surface area contributed by atoms with Crippen molar-refractivity contribution >= 4 is 16.5 Å². The molecule has 0 fully saturated rings. The van der Waals surface area contributed by atoms with Gasteiger partial charge in [0.2, 0.25) is 0 Å². The maximum absolute atomic E-state index is 9.60. The zero-order valence-electron chi connectivity index (χ0n) is 7.82. The van der Waals surface area contributed by atoms with Crippen molar-refractivity contribution in [3.63, 3.8) is 0 Å². The molecule has 0 aliphatic heterocycles. The molecule has 3 N–H and O–H groups in total. The number of anilines is 1. The molecule has 3 heteroatoms. The fourth-order valence-corrected chi connectivity index (χ4v) is 1.53. The lowest BCUT2D eigenvalue weighted by molar-refractivity contribution is 0.419. The molecule has 2 aromatic carbocycles. The van der Waals surface area contributed by atoms with Crippen LogP contribution in [0.25, 0.3) is 10.8 Å². The molecule has 0 spiro atoms. The number of nitrogen functional groups attached to an aromatic ring is 1. The second kappa shape index (κ2) is 3.10. The summed E-state index contributed by atoms with van der Waals surface area (Å²) in [4.78, 5) is 0. The molecule has 72 valence electrons. The van der Waals surface area contributed by atoms with Crippen LogP contribution in [0.2, 0.25) is 0 Å². The molecule has 0 saturated heterocycles. The molecule has 0 unspecified atom stereocenters. The standard InChI is InChI=1S/C11H11NO2/c1-14-11-6-7(12)5-9-8(11)3-2-4-10(9)13/h2-6,13H,12H2,1H3. The molecule has 3 nitrogen and oxygen atoms in total. The van der Waals surface area contributed by atoms with E-state index in [1.54, 1.807) is 31.4 Å². The second-order valence-electron chi connectivity index (χ2n) is 3.10. The number of methoxy groups -OCH3 is 1. The minimum Gasteiger partial charge on any atom is -0.507 e. The van der Waals surface area contributed by atoms with E-state index in [9.17, 15) is 5.11 Å². The van der Waals surface area contributed by atoms with E-state index in [1.165, 1.54) is 0 Å². The first-order chi connectivity index (χ1) is 6.72. The molecular weight excluding hydrogens is 178 g/mol. The highest BCUT2D eigenvalue weighted by Crippen LogP contribution is 2.33. The minimum atomic E-state index is 0.216. The zero-order chi connectivity index (χ0) is 10.1. The summed E-state index contributed by atoms with van der Waals surface area (Å²) in [6.45, 7) is 0. The molecule has 0 saturated carbocycles. The van der Waals surface area contributed by atoms with Crippen LogP contribution in [0, 0.1) is 0 Å². The van der Waals surface area contributed by atoms with Crippen molar-refractivity contribution in [2.75, 3.05) is 12.8 Å². The number of hydrogen-bond acceptors (Lipinski definition) is 3. The second-order valence-corrected chi connectivity index (χ2v) is 3.10. The van der Waals surface area contributed by atoms with Crippen molar-refractivity contribution in [1.82, 2.24) is 0 Å². The van der Waals surface area contributed by atoms with Crippen molar-refractivity contribution in [2.24, 2.45) is 0 Å². The summed E-state index contributed by atoms with van der Waals surface area (Å²) in [5.74, 6) is 0.893. The summed E-state index contributed by atoms with van der Waals surface area (Å²) < 4.78 is 5.17. The van der Waals surface area contributed by atoms with Crippen molar-refractivity contribution in [2.45, 2.75) is 0 Å². The average molecular weight is 189 g/mol. The van der Waals surface area contributed by atoms with Crippen LogP contribution in [0.15, 0.2) is 30.3 Å². The molecule has 0 atom stereocenters. The highest BCUT2D eigenvalue weighted by Gasteiger charge is 2.05. The van der Waals surface area contributed by atoms with Crippen LogP contribution in [0.4, 0.5) is 5.69 Å². The minimum absolute atomic E-state index is 0.216. The number of ether oxygens (including phenoxy) is 1. The van der Waals surface area contributed by atoms with E-state index >= 15 is 0 Å². The largest absolute Gasteiger partial charge is 0.507 e. The third-order valence-corrected chi connectivity index (χ3v) is 2.18. The lowest BCUT2D eigenvalue weighted by atomic mass is 10.1. The van der Waals surface area contributed by atoms with Crippen LogP contribution in [0.3, 0.4) is 0 Å². The molecule has 0 aliphatic carbocycles. The Hall–Kier alpha value is -1.90. The van der Waals surface area contributed by atoms with Gasteiger partial charge in [-0.25, -0.2) is 0 Å². The van der Waals surface area contributed by atoms with Crippen molar-refractivity contribution in [3.05, 3.63) is 30.3 Å². The van der Waals surface area contributed by atoms with E-state index in [0.717, 1.165) is 5.39 Å². The van der Waals surface area contributed by atoms with Crippen LogP contribution in [-0.2, 0) is 0 Å². The van der Waals surface area contributed by atoms with Crippen LogP contribution < -0.4 is 10.5 Å². The number of phenols is 1. The first-order valence-electron chi connectivity index (χ1n) is 4.27. The van der Waals surface area contributed by atoms with Gasteiger partial charge in [0, 0.05) is 22.5 Å². The van der Waals surface area contributed by atoms with Gasteiger partial charge in [0.25, 0.3) is 0 Å². The Morgan fingerprint density at radius 1 is 1.21 bits per heavy atom. The van der Waals surface area contributed by atoms with E-state index in [-0.39, 0.29) is 5.75 Å². The average Bonchev–Trinajstić information content (AvgIpc) is 2.18. The molecular formula is C11H11NO2. The first-order valence-corrected chi connectivity index (χ1v) is 4.27. The van der Waals surface area contributed by atoms with E-state index in [0.29, 0.717) is 16.8 Å². The van der Waals surface area contributed by atoms with Gasteiger partial charge in [0.05, 0.1) is 7.11 Å². The molecule has 0 amide bonds. The molecule has 0 heterocycles. The van der Waals surface area contributed by atoms with E-state index in [4.69, 9.17) is 10.5 Å². The number of aromatic hydroxyl groups is 1. The van der Waals surface area contributed by atoms with Crippen molar-refractivity contribution in [1.29, 1.82) is 0 Å². The van der Waals surface area contributed by atoms with Crippen molar-refractivity contribution < 1.29 is 9.84 Å². The summed E-state index contributed by atoms with van der Waals surface area (Å²) in [7, 11) is 1.58. The van der Waals surface area contributed by atoms with Gasteiger partial charge >= 0.3 is 0 Å². The Morgan fingerprint density at radius 2 is 2.00 bits per heavy atom. The number of fused-ring (bicyclic) bond motifs is 1. The maximum Gasteiger partial charge on any atom is 0.128 e. The summed E-state index contributed by atoms with van der Waals surface area (Å²) in [5.41, 5.74) is 6.26. The van der Waals surface area contributed by atoms with Gasteiger partial charge in [-0.15, -0.1) is 0 Å². The predicted octanol–water partition coefficient (Wildman–Crippen LogP) is 2.14. The van der Waals surface area contributed by atoms with E-state index < -0.39 is 0 Å². The molecule has 0 aromatic heterocycles. The van der Waals surface area contributed by atoms with Gasteiger partial charge in [-0.05, 0) is 12.1 Å². The molecule has 2 aromatic rings. The Bertz CT molecular complexity index is 480. The highest BCUT2D eigenvalue weighted by molar-refractivity contribution is 5.95. The summed E-state index contributed by atoms with van der Waals surface area (Å²) in [6, 6.07) is 8.75. The zero-order valence-corrected chi connectivity index (χ0v) is 7.82. The Kier molecular flexibility index (Phi) is 1.93. The van der Waals surface area contributed by atoms with Gasteiger partial charge < -0.3 is 15.6 Å². The predicted molar refractivity (Wildman–Crippen MR) is 56.6 cm³/mol. The number of phenolic OH excluding ortho intramolecular Hbond substituents is 1. The molecule has 2 rings (SSSR count). The Balaban J connectivity index is 2.87. The van der Waals surface area contributed by atoms with Crippen LogP contribution in [0.1, 0.15) is 0 Å². The van der Waals surface area contributed by atoms with Gasteiger partial charge in [-0.2, -0.15) is 0 Å². The van der Waals surface area contributed by atoms with Gasteiger partial charge in [-0.3, -0.25) is 0 Å². The fraction of sp³-hybridized carbons (Fsp3) is 0.0909. The quantitative estimate of drug-likeness (QED) is 0.676. The Morgan fingerprint density at radius 3 is 2.71 bits per heavy atom. The third-order valence-electron chi connectivity index (χ3n) is 2.18. The number of rotatable bonds is 1.